The molecule has 6 nitrogen and oxygen atoms in total. The van der Waals surface area contributed by atoms with Crippen molar-refractivity contribution in [1.82, 2.24) is 8.61 Å². The Morgan fingerprint density at radius 1 is 1.15 bits per heavy atom. The van der Waals surface area contributed by atoms with Crippen LogP contribution in [-0.2, 0) is 16.8 Å². The van der Waals surface area contributed by atoms with Crippen LogP contribution in [-0.4, -0.2) is 50.9 Å². The van der Waals surface area contributed by atoms with E-state index >= 15 is 0 Å². The first kappa shape index (κ1) is 20.9. The predicted octanol–water partition coefficient (Wildman–Crippen LogP) is 3.24. The van der Waals surface area contributed by atoms with Crippen molar-refractivity contribution in [2.24, 2.45) is 0 Å². The quantitative estimate of drug-likeness (QED) is 0.682. The summed E-state index contributed by atoms with van der Waals surface area (Å²) in [6, 6.07) is 4.49. The predicted molar refractivity (Wildman–Crippen MR) is 94.6 cm³/mol. The van der Waals surface area contributed by atoms with Gasteiger partial charge in [0.1, 0.15) is 0 Å². The molecule has 1 aromatic rings. The average Bonchev–Trinajstić information content (AvgIpc) is 2.61. The molecule has 0 amide bonds. The molecule has 0 atom stereocenters. The summed E-state index contributed by atoms with van der Waals surface area (Å²) in [7, 11) is 0.785. The second-order valence-corrected chi connectivity index (χ2v) is 8.53. The van der Waals surface area contributed by atoms with Crippen LogP contribution in [0.5, 0.6) is 11.5 Å². The lowest BCUT2D eigenvalue weighted by atomic mass is 9.96. The van der Waals surface area contributed by atoms with Crippen LogP contribution in [0.4, 0.5) is 8.78 Å². The molecule has 0 bridgehead atoms. The summed E-state index contributed by atoms with van der Waals surface area (Å²) < 4.78 is 62.8. The van der Waals surface area contributed by atoms with E-state index in [4.69, 9.17) is 4.74 Å². The van der Waals surface area contributed by atoms with E-state index in [0.717, 1.165) is 32.1 Å². The summed E-state index contributed by atoms with van der Waals surface area (Å²) >= 11 is 0. The molecule has 0 N–H and O–H groups in total. The van der Waals surface area contributed by atoms with Crippen molar-refractivity contribution in [3.8, 4) is 11.5 Å². The monoisotopic (exact) mass is 392 g/mol. The molecule has 9 heteroatoms. The van der Waals surface area contributed by atoms with Gasteiger partial charge in [0.05, 0.1) is 7.11 Å². The highest BCUT2D eigenvalue weighted by Crippen LogP contribution is 2.30. The maximum absolute atomic E-state index is 12.8. The molecule has 0 aliphatic heterocycles. The van der Waals surface area contributed by atoms with Gasteiger partial charge in [-0.05, 0) is 30.5 Å². The molecular weight excluding hydrogens is 366 g/mol. The standard InChI is InChI=1S/C17H26F2N2O4S/c1-20(26(22,23)21(2)14-7-5-4-6-8-14)12-13-9-10-15(24-3)16(11-13)25-17(18)19/h9-11,14,17H,4-8,12H2,1-3H3. The second kappa shape index (κ2) is 8.96. The summed E-state index contributed by atoms with van der Waals surface area (Å²) in [6.07, 6.45) is 4.91. The second-order valence-electron chi connectivity index (χ2n) is 6.44. The molecule has 0 spiro atoms. The molecule has 1 aromatic carbocycles. The van der Waals surface area contributed by atoms with E-state index < -0.39 is 16.8 Å². The van der Waals surface area contributed by atoms with E-state index in [1.54, 1.807) is 13.1 Å². The zero-order valence-corrected chi connectivity index (χ0v) is 16.1. The highest BCUT2D eigenvalue weighted by atomic mass is 32.2. The van der Waals surface area contributed by atoms with Gasteiger partial charge in [0.15, 0.2) is 11.5 Å². The molecule has 0 saturated heterocycles. The van der Waals surface area contributed by atoms with E-state index in [1.165, 1.54) is 34.9 Å². The Bertz CT molecular complexity index is 694. The fraction of sp³-hybridized carbons (Fsp3) is 0.647. The lowest BCUT2D eigenvalue weighted by molar-refractivity contribution is -0.0512. The largest absolute Gasteiger partial charge is 0.493 e. The summed E-state index contributed by atoms with van der Waals surface area (Å²) in [5.74, 6) is 0.0466. The number of halogens is 2. The van der Waals surface area contributed by atoms with Crippen molar-refractivity contribution in [1.29, 1.82) is 0 Å². The van der Waals surface area contributed by atoms with Gasteiger partial charge in [0, 0.05) is 26.7 Å². The molecule has 26 heavy (non-hydrogen) atoms. The van der Waals surface area contributed by atoms with Crippen molar-refractivity contribution in [2.75, 3.05) is 21.2 Å². The zero-order chi connectivity index (χ0) is 19.3. The van der Waals surface area contributed by atoms with Gasteiger partial charge in [-0.25, -0.2) is 0 Å². The Morgan fingerprint density at radius 2 is 1.81 bits per heavy atom. The molecule has 0 radical (unpaired) electrons. The van der Waals surface area contributed by atoms with Crippen LogP contribution in [0.15, 0.2) is 18.2 Å². The number of nitrogens with zero attached hydrogens (tertiary/aromatic N) is 2. The van der Waals surface area contributed by atoms with E-state index in [0.29, 0.717) is 5.56 Å². The number of rotatable bonds is 8. The number of benzene rings is 1. The minimum absolute atomic E-state index is 0.00444. The van der Waals surface area contributed by atoms with E-state index in [2.05, 4.69) is 4.74 Å². The fourth-order valence-electron chi connectivity index (χ4n) is 3.20. The summed E-state index contributed by atoms with van der Waals surface area (Å²) in [4.78, 5) is 0. The molecule has 0 aromatic heterocycles. The van der Waals surface area contributed by atoms with E-state index in [1.807, 2.05) is 0 Å². The third-order valence-electron chi connectivity index (χ3n) is 4.70. The Hall–Kier alpha value is -1.45. The lowest BCUT2D eigenvalue weighted by Gasteiger charge is -2.33. The first-order valence-electron chi connectivity index (χ1n) is 8.56. The van der Waals surface area contributed by atoms with Crippen molar-refractivity contribution in [3.05, 3.63) is 23.8 Å². The van der Waals surface area contributed by atoms with Gasteiger partial charge in [-0.1, -0.05) is 25.3 Å². The number of hydrogen-bond acceptors (Lipinski definition) is 4. The molecule has 0 heterocycles. The molecule has 1 aliphatic carbocycles. The maximum atomic E-state index is 12.8. The average molecular weight is 392 g/mol. The van der Waals surface area contributed by atoms with Crippen LogP contribution in [0.2, 0.25) is 0 Å². The number of alkyl halides is 2. The van der Waals surface area contributed by atoms with E-state index in [9.17, 15) is 17.2 Å². The van der Waals surface area contributed by atoms with Gasteiger partial charge in [-0.15, -0.1) is 0 Å². The van der Waals surface area contributed by atoms with Gasteiger partial charge >= 0.3 is 6.61 Å². The highest BCUT2D eigenvalue weighted by molar-refractivity contribution is 7.86. The molecule has 1 fully saturated rings. The van der Waals surface area contributed by atoms with Crippen molar-refractivity contribution < 1.29 is 26.7 Å². The lowest BCUT2D eigenvalue weighted by Crippen LogP contribution is -2.45. The first-order chi connectivity index (χ1) is 12.3. The SMILES string of the molecule is COc1ccc(CN(C)S(=O)(=O)N(C)C2CCCCC2)cc1OC(F)F. The smallest absolute Gasteiger partial charge is 0.387 e. The number of methoxy groups -OCH3 is 1. The number of hydrogen-bond donors (Lipinski definition) is 0. The van der Waals surface area contributed by atoms with Gasteiger partial charge in [-0.2, -0.15) is 25.8 Å². The maximum Gasteiger partial charge on any atom is 0.387 e. The Morgan fingerprint density at radius 3 is 2.38 bits per heavy atom. The van der Waals surface area contributed by atoms with Gasteiger partial charge in [0.25, 0.3) is 10.2 Å². The normalized spacial score (nSPS) is 16.5. The Balaban J connectivity index is 2.13. The van der Waals surface area contributed by atoms with Crippen LogP contribution < -0.4 is 9.47 Å². The summed E-state index contributed by atoms with van der Waals surface area (Å²) in [6.45, 7) is -2.94. The van der Waals surface area contributed by atoms with Gasteiger partial charge in [-0.3, -0.25) is 0 Å². The van der Waals surface area contributed by atoms with Crippen molar-refractivity contribution in [3.63, 3.8) is 0 Å². The van der Waals surface area contributed by atoms with Crippen molar-refractivity contribution in [2.45, 2.75) is 51.3 Å². The Labute approximate surface area is 153 Å². The summed E-state index contributed by atoms with van der Waals surface area (Å²) in [5, 5.41) is 0. The highest BCUT2D eigenvalue weighted by Gasteiger charge is 2.31. The minimum atomic E-state index is -3.64. The Kier molecular flexibility index (Phi) is 7.19. The van der Waals surface area contributed by atoms with Crippen molar-refractivity contribution >= 4 is 10.2 Å². The topological polar surface area (TPSA) is 59.1 Å². The minimum Gasteiger partial charge on any atom is -0.493 e. The number of ether oxygens (including phenoxy) is 2. The summed E-state index contributed by atoms with van der Waals surface area (Å²) in [5.41, 5.74) is 0.532. The van der Waals surface area contributed by atoms with Crippen LogP contribution in [0.1, 0.15) is 37.7 Å². The molecule has 2 rings (SSSR count). The van der Waals surface area contributed by atoms with Gasteiger partial charge in [0.2, 0.25) is 0 Å². The van der Waals surface area contributed by atoms with Crippen LogP contribution in [0, 0.1) is 0 Å². The van der Waals surface area contributed by atoms with Crippen LogP contribution in [0.3, 0.4) is 0 Å². The molecule has 1 saturated carbocycles. The van der Waals surface area contributed by atoms with Crippen LogP contribution >= 0.6 is 0 Å². The van der Waals surface area contributed by atoms with Crippen LogP contribution in [0.25, 0.3) is 0 Å². The first-order valence-corrected chi connectivity index (χ1v) is 9.96. The molecular formula is C17H26F2N2O4S. The third kappa shape index (κ3) is 5.05. The molecule has 1 aliphatic rings. The molecule has 0 unspecified atom stereocenters. The fourth-order valence-corrected chi connectivity index (χ4v) is 4.54. The third-order valence-corrected chi connectivity index (χ3v) is 6.64. The van der Waals surface area contributed by atoms with Gasteiger partial charge < -0.3 is 9.47 Å². The molecule has 148 valence electrons. The van der Waals surface area contributed by atoms with E-state index in [-0.39, 0.29) is 24.1 Å². The zero-order valence-electron chi connectivity index (χ0n) is 15.3.